The van der Waals surface area contributed by atoms with Gasteiger partial charge in [0.25, 0.3) is 0 Å². The van der Waals surface area contributed by atoms with E-state index >= 15 is 0 Å². The first-order valence-corrected chi connectivity index (χ1v) is 7.26. The van der Waals surface area contributed by atoms with Crippen LogP contribution in [0.2, 0.25) is 0 Å². The fraction of sp³-hybridized carbons (Fsp3) is 0.562. The van der Waals surface area contributed by atoms with E-state index in [9.17, 15) is 0 Å². The molecule has 1 aromatic carbocycles. The molecule has 0 saturated carbocycles. The van der Waals surface area contributed by atoms with Crippen molar-refractivity contribution in [3.8, 4) is 5.75 Å². The van der Waals surface area contributed by atoms with Crippen molar-refractivity contribution in [2.75, 3.05) is 19.7 Å². The molecule has 4 nitrogen and oxygen atoms in total. The minimum absolute atomic E-state index is 0.455. The molecule has 0 aliphatic heterocycles. The highest BCUT2D eigenvalue weighted by molar-refractivity contribution is 5.77. The van der Waals surface area contributed by atoms with Gasteiger partial charge in [0.15, 0.2) is 5.96 Å². The van der Waals surface area contributed by atoms with Crippen molar-refractivity contribution >= 4 is 5.96 Å². The molecule has 0 heterocycles. The lowest BCUT2D eigenvalue weighted by Gasteiger charge is -2.14. The summed E-state index contributed by atoms with van der Waals surface area (Å²) < 4.78 is 5.80. The molecule has 4 heteroatoms. The smallest absolute Gasteiger partial charge is 0.188 e. The molecule has 0 amide bonds. The second kappa shape index (κ2) is 8.46. The fourth-order valence-electron chi connectivity index (χ4n) is 1.77. The predicted molar refractivity (Wildman–Crippen MR) is 85.4 cm³/mol. The van der Waals surface area contributed by atoms with Crippen LogP contribution in [0.15, 0.2) is 29.3 Å². The van der Waals surface area contributed by atoms with Gasteiger partial charge < -0.3 is 15.8 Å². The van der Waals surface area contributed by atoms with Gasteiger partial charge in [0.1, 0.15) is 12.4 Å². The minimum atomic E-state index is 0.455. The fourth-order valence-corrected chi connectivity index (χ4v) is 1.77. The van der Waals surface area contributed by atoms with Gasteiger partial charge in [-0.3, -0.25) is 4.99 Å². The van der Waals surface area contributed by atoms with Gasteiger partial charge in [-0.15, -0.1) is 0 Å². The van der Waals surface area contributed by atoms with E-state index in [4.69, 9.17) is 10.5 Å². The zero-order chi connectivity index (χ0) is 15.0. The Morgan fingerprint density at radius 1 is 1.25 bits per heavy atom. The quantitative estimate of drug-likeness (QED) is 0.458. The lowest BCUT2D eigenvalue weighted by molar-refractivity contribution is 0.318. The third kappa shape index (κ3) is 5.95. The molecule has 0 unspecified atom stereocenters. The Bertz CT molecular complexity index is 427. The predicted octanol–water partition coefficient (Wildman–Crippen LogP) is 2.75. The van der Waals surface area contributed by atoms with E-state index in [0.717, 1.165) is 12.3 Å². The molecule has 20 heavy (non-hydrogen) atoms. The summed E-state index contributed by atoms with van der Waals surface area (Å²) in [5.41, 5.74) is 6.99. The number of nitrogens with zero attached hydrogens (tertiary/aromatic N) is 1. The maximum atomic E-state index is 5.80. The minimum Gasteiger partial charge on any atom is -0.491 e. The molecule has 0 aliphatic rings. The van der Waals surface area contributed by atoms with Gasteiger partial charge in [0, 0.05) is 6.54 Å². The average molecular weight is 277 g/mol. The molecular weight excluding hydrogens is 250 g/mol. The number of guanidine groups is 1. The summed E-state index contributed by atoms with van der Waals surface area (Å²) in [7, 11) is 0. The summed E-state index contributed by atoms with van der Waals surface area (Å²) in [6.07, 6.45) is 0. The van der Waals surface area contributed by atoms with Gasteiger partial charge >= 0.3 is 0 Å². The second-order valence-corrected chi connectivity index (χ2v) is 5.59. The van der Waals surface area contributed by atoms with Crippen LogP contribution in [0.4, 0.5) is 0 Å². The number of rotatable bonds is 7. The maximum absolute atomic E-state index is 5.80. The van der Waals surface area contributed by atoms with Crippen LogP contribution in [0.3, 0.4) is 0 Å². The van der Waals surface area contributed by atoms with Crippen LogP contribution in [-0.4, -0.2) is 25.7 Å². The van der Waals surface area contributed by atoms with Crippen molar-refractivity contribution in [1.29, 1.82) is 0 Å². The van der Waals surface area contributed by atoms with Crippen LogP contribution in [0.25, 0.3) is 0 Å². The van der Waals surface area contributed by atoms with Crippen molar-refractivity contribution in [1.82, 2.24) is 5.32 Å². The number of aliphatic imine (C=N–C) groups is 1. The first-order valence-electron chi connectivity index (χ1n) is 7.26. The first-order chi connectivity index (χ1) is 9.50. The number of nitrogens with one attached hydrogen (secondary N) is 1. The molecule has 0 atom stereocenters. The van der Waals surface area contributed by atoms with Crippen LogP contribution in [0.1, 0.15) is 39.2 Å². The second-order valence-electron chi connectivity index (χ2n) is 5.59. The van der Waals surface area contributed by atoms with Crippen molar-refractivity contribution in [3.63, 3.8) is 0 Å². The van der Waals surface area contributed by atoms with Crippen molar-refractivity contribution < 1.29 is 4.74 Å². The molecule has 0 aliphatic carbocycles. The van der Waals surface area contributed by atoms with Gasteiger partial charge in [-0.2, -0.15) is 0 Å². The largest absolute Gasteiger partial charge is 0.491 e. The topological polar surface area (TPSA) is 59.6 Å². The summed E-state index contributed by atoms with van der Waals surface area (Å²) in [5.74, 6) is 2.41. The Balaban J connectivity index is 2.36. The average Bonchev–Trinajstić information content (AvgIpc) is 2.41. The molecule has 0 saturated heterocycles. The van der Waals surface area contributed by atoms with Gasteiger partial charge in [0.05, 0.1) is 6.54 Å². The molecule has 1 aromatic rings. The van der Waals surface area contributed by atoms with Gasteiger partial charge in [-0.25, -0.2) is 0 Å². The highest BCUT2D eigenvalue weighted by atomic mass is 16.5. The van der Waals surface area contributed by atoms with Crippen LogP contribution in [-0.2, 0) is 0 Å². The maximum Gasteiger partial charge on any atom is 0.188 e. The monoisotopic (exact) mass is 277 g/mol. The summed E-state index contributed by atoms with van der Waals surface area (Å²) in [4.78, 5) is 4.24. The van der Waals surface area contributed by atoms with Gasteiger partial charge in [-0.1, -0.05) is 45.9 Å². The Kier molecular flexibility index (Phi) is 6.91. The Hall–Kier alpha value is -1.71. The lowest BCUT2D eigenvalue weighted by Crippen LogP contribution is -2.35. The van der Waals surface area contributed by atoms with E-state index in [1.54, 1.807) is 0 Å². The van der Waals surface area contributed by atoms with E-state index < -0.39 is 0 Å². The molecule has 0 bridgehead atoms. The summed E-state index contributed by atoms with van der Waals surface area (Å²) in [5, 5.41) is 3.06. The highest BCUT2D eigenvalue weighted by Crippen LogP contribution is 2.25. The third-order valence-electron chi connectivity index (χ3n) is 2.83. The number of benzene rings is 1. The summed E-state index contributed by atoms with van der Waals surface area (Å²) in [6, 6.07) is 8.14. The van der Waals surface area contributed by atoms with Crippen LogP contribution in [0, 0.1) is 5.92 Å². The third-order valence-corrected chi connectivity index (χ3v) is 2.83. The number of hydrogen-bond acceptors (Lipinski definition) is 2. The van der Waals surface area contributed by atoms with Crippen molar-refractivity contribution in [2.24, 2.45) is 16.6 Å². The molecule has 1 rings (SSSR count). The van der Waals surface area contributed by atoms with E-state index in [0.29, 0.717) is 30.9 Å². The molecule has 0 spiro atoms. The Morgan fingerprint density at radius 2 is 1.95 bits per heavy atom. The van der Waals surface area contributed by atoms with Crippen LogP contribution in [0.5, 0.6) is 5.75 Å². The van der Waals surface area contributed by atoms with Crippen molar-refractivity contribution in [2.45, 2.75) is 33.6 Å². The molecule has 3 N–H and O–H groups in total. The highest BCUT2D eigenvalue weighted by Gasteiger charge is 2.06. The van der Waals surface area contributed by atoms with Crippen LogP contribution >= 0.6 is 0 Å². The van der Waals surface area contributed by atoms with Gasteiger partial charge in [0.2, 0.25) is 0 Å². The molecule has 0 radical (unpaired) electrons. The number of hydrogen-bond donors (Lipinski definition) is 2. The Morgan fingerprint density at radius 3 is 2.60 bits per heavy atom. The first kappa shape index (κ1) is 16.3. The number of ether oxygens (including phenoxy) is 1. The van der Waals surface area contributed by atoms with Gasteiger partial charge in [-0.05, 0) is 23.5 Å². The summed E-state index contributed by atoms with van der Waals surface area (Å²) in [6.45, 7) is 10.5. The normalized spacial score (nSPS) is 12.0. The van der Waals surface area contributed by atoms with Crippen LogP contribution < -0.4 is 15.8 Å². The standard InChI is InChI=1S/C16H27N3O/c1-12(2)11-19-16(17)18-9-10-20-15-8-6-5-7-14(15)13(3)4/h5-8,12-13H,9-11H2,1-4H3,(H3,17,18,19). The van der Waals surface area contributed by atoms with E-state index in [2.05, 4.69) is 44.1 Å². The molecular formula is C16H27N3O. The molecule has 0 fully saturated rings. The Labute approximate surface area is 122 Å². The SMILES string of the molecule is CC(C)CN=C(N)NCCOc1ccccc1C(C)C. The molecule has 112 valence electrons. The zero-order valence-electron chi connectivity index (χ0n) is 13.0. The lowest BCUT2D eigenvalue weighted by atomic mass is 10.0. The summed E-state index contributed by atoms with van der Waals surface area (Å²) >= 11 is 0. The number of nitrogens with two attached hydrogens (primary N) is 1. The van der Waals surface area contributed by atoms with E-state index in [-0.39, 0.29) is 0 Å². The number of para-hydroxylation sites is 1. The molecule has 0 aromatic heterocycles. The van der Waals surface area contributed by atoms with E-state index in [1.807, 2.05) is 18.2 Å². The van der Waals surface area contributed by atoms with E-state index in [1.165, 1.54) is 5.56 Å². The zero-order valence-corrected chi connectivity index (χ0v) is 13.0. The van der Waals surface area contributed by atoms with Crippen molar-refractivity contribution in [3.05, 3.63) is 29.8 Å².